The first-order chi connectivity index (χ1) is 6.29. The number of benzene rings is 1. The number of allylic oxidation sites excluding steroid dienone is 2. The minimum atomic E-state index is -0.375. The maximum atomic E-state index is 8.93. The average Bonchev–Trinajstić information content (AvgIpc) is 2.14. The maximum absolute atomic E-state index is 8.93. The van der Waals surface area contributed by atoms with Crippen LogP contribution >= 0.6 is 0 Å². The average molecular weight is 174 g/mol. The Morgan fingerprint density at radius 3 is 2.46 bits per heavy atom. The van der Waals surface area contributed by atoms with E-state index in [0.717, 1.165) is 5.56 Å². The molecule has 0 aliphatic rings. The van der Waals surface area contributed by atoms with Gasteiger partial charge in [0.25, 0.3) is 0 Å². The summed E-state index contributed by atoms with van der Waals surface area (Å²) in [4.78, 5) is 0. The Hall–Kier alpha value is -1.34. The van der Waals surface area contributed by atoms with Crippen LogP contribution in [0, 0.1) is 0 Å². The fraction of sp³-hybridized carbons (Fsp3) is 0.167. The minimum absolute atomic E-state index is 0.375. The first-order valence-corrected chi connectivity index (χ1v) is 4.37. The zero-order valence-corrected chi connectivity index (χ0v) is 7.72. The largest absolute Gasteiger partial charge is 0.389 e. The van der Waals surface area contributed by atoms with E-state index >= 15 is 0 Å². The number of aliphatic hydroxyl groups excluding tert-OH is 1. The Morgan fingerprint density at radius 2 is 1.85 bits per heavy atom. The van der Waals surface area contributed by atoms with Crippen LogP contribution < -0.4 is 0 Å². The summed E-state index contributed by atoms with van der Waals surface area (Å²) in [6.07, 6.45) is 7.12. The molecule has 0 saturated heterocycles. The molecule has 1 rings (SSSR count). The third-order valence-electron chi connectivity index (χ3n) is 1.59. The van der Waals surface area contributed by atoms with Crippen molar-refractivity contribution in [2.75, 3.05) is 0 Å². The van der Waals surface area contributed by atoms with Crippen molar-refractivity contribution in [2.24, 2.45) is 0 Å². The van der Waals surface area contributed by atoms with Gasteiger partial charge in [-0.2, -0.15) is 0 Å². The summed E-state index contributed by atoms with van der Waals surface area (Å²) in [5, 5.41) is 8.93. The third-order valence-corrected chi connectivity index (χ3v) is 1.59. The van der Waals surface area contributed by atoms with Gasteiger partial charge in [-0.3, -0.25) is 0 Å². The van der Waals surface area contributed by atoms with Crippen molar-refractivity contribution in [1.82, 2.24) is 0 Å². The Bertz CT molecular complexity index is 283. The van der Waals surface area contributed by atoms with Gasteiger partial charge in [0.1, 0.15) is 0 Å². The van der Waals surface area contributed by atoms with Crippen molar-refractivity contribution in [3.8, 4) is 0 Å². The number of aliphatic hydroxyl groups is 1. The minimum Gasteiger partial charge on any atom is -0.389 e. The van der Waals surface area contributed by atoms with Crippen LogP contribution in [0.3, 0.4) is 0 Å². The first kappa shape index (κ1) is 9.75. The molecule has 1 aromatic rings. The van der Waals surface area contributed by atoms with Crippen LogP contribution in [0.5, 0.6) is 0 Å². The van der Waals surface area contributed by atoms with E-state index in [4.69, 9.17) is 5.11 Å². The number of hydrogen-bond donors (Lipinski definition) is 1. The van der Waals surface area contributed by atoms with Gasteiger partial charge in [0.2, 0.25) is 0 Å². The van der Waals surface area contributed by atoms with Gasteiger partial charge >= 0.3 is 0 Å². The highest BCUT2D eigenvalue weighted by Crippen LogP contribution is 2.00. The fourth-order valence-corrected chi connectivity index (χ4v) is 0.956. The molecule has 1 unspecified atom stereocenters. The molecule has 0 spiro atoms. The van der Waals surface area contributed by atoms with E-state index < -0.39 is 0 Å². The second-order valence-electron chi connectivity index (χ2n) is 2.90. The zero-order chi connectivity index (χ0) is 9.52. The van der Waals surface area contributed by atoms with E-state index in [0.29, 0.717) is 0 Å². The van der Waals surface area contributed by atoms with Crippen LogP contribution in [0.1, 0.15) is 12.5 Å². The normalized spacial score (nSPS) is 14.0. The van der Waals surface area contributed by atoms with E-state index in [1.807, 2.05) is 48.6 Å². The molecule has 1 atom stereocenters. The molecule has 0 radical (unpaired) electrons. The van der Waals surface area contributed by atoms with Gasteiger partial charge in [-0.1, -0.05) is 54.6 Å². The Kier molecular flexibility index (Phi) is 4.00. The van der Waals surface area contributed by atoms with E-state index in [-0.39, 0.29) is 6.10 Å². The summed E-state index contributed by atoms with van der Waals surface area (Å²) < 4.78 is 0. The van der Waals surface area contributed by atoms with Gasteiger partial charge in [0.05, 0.1) is 6.10 Å². The molecule has 1 aromatic carbocycles. The molecule has 1 nitrogen and oxygen atoms in total. The lowest BCUT2D eigenvalue weighted by molar-refractivity contribution is 0.244. The highest BCUT2D eigenvalue weighted by molar-refractivity contribution is 5.50. The van der Waals surface area contributed by atoms with Crippen molar-refractivity contribution in [3.63, 3.8) is 0 Å². The SMILES string of the molecule is CC(O)/C=C/C=C/c1ccccc1. The topological polar surface area (TPSA) is 20.2 Å². The molecule has 0 aliphatic carbocycles. The Morgan fingerprint density at radius 1 is 1.15 bits per heavy atom. The summed E-state index contributed by atoms with van der Waals surface area (Å²) in [5.74, 6) is 0. The third kappa shape index (κ3) is 4.28. The summed E-state index contributed by atoms with van der Waals surface area (Å²) >= 11 is 0. The lowest BCUT2D eigenvalue weighted by Crippen LogP contribution is -1.90. The molecule has 1 N–H and O–H groups in total. The molecular formula is C12H14O. The van der Waals surface area contributed by atoms with Crippen LogP contribution in [0.25, 0.3) is 6.08 Å². The van der Waals surface area contributed by atoms with Crippen molar-refractivity contribution < 1.29 is 5.11 Å². The van der Waals surface area contributed by atoms with Crippen LogP contribution in [0.15, 0.2) is 48.6 Å². The lowest BCUT2D eigenvalue weighted by Gasteiger charge is -1.90. The quantitative estimate of drug-likeness (QED) is 0.698. The molecule has 0 amide bonds. The van der Waals surface area contributed by atoms with Gasteiger partial charge in [-0.15, -0.1) is 0 Å². The van der Waals surface area contributed by atoms with E-state index in [2.05, 4.69) is 0 Å². The van der Waals surface area contributed by atoms with Gasteiger partial charge in [0.15, 0.2) is 0 Å². The van der Waals surface area contributed by atoms with Crippen molar-refractivity contribution in [1.29, 1.82) is 0 Å². The molecule has 0 bridgehead atoms. The second-order valence-corrected chi connectivity index (χ2v) is 2.90. The molecule has 0 heterocycles. The predicted octanol–water partition coefficient (Wildman–Crippen LogP) is 2.64. The van der Waals surface area contributed by atoms with E-state index in [1.165, 1.54) is 0 Å². The maximum Gasteiger partial charge on any atom is 0.0695 e. The van der Waals surface area contributed by atoms with Crippen LogP contribution in [-0.4, -0.2) is 11.2 Å². The van der Waals surface area contributed by atoms with Crippen molar-refractivity contribution in [2.45, 2.75) is 13.0 Å². The van der Waals surface area contributed by atoms with E-state index in [9.17, 15) is 0 Å². The summed E-state index contributed by atoms with van der Waals surface area (Å²) in [6.45, 7) is 1.73. The molecule has 0 saturated carbocycles. The molecule has 0 fully saturated rings. The summed E-state index contributed by atoms with van der Waals surface area (Å²) in [6, 6.07) is 10.1. The standard InChI is InChI=1S/C12H14O/c1-11(13)7-5-6-10-12-8-3-2-4-9-12/h2-11,13H,1H3/b7-5+,10-6+. The number of rotatable bonds is 3. The Balaban J connectivity index is 2.50. The highest BCUT2D eigenvalue weighted by Gasteiger charge is 1.82. The first-order valence-electron chi connectivity index (χ1n) is 4.37. The summed E-state index contributed by atoms with van der Waals surface area (Å²) in [5.41, 5.74) is 1.16. The van der Waals surface area contributed by atoms with Crippen LogP contribution in [0.4, 0.5) is 0 Å². The van der Waals surface area contributed by atoms with Crippen LogP contribution in [-0.2, 0) is 0 Å². The molecule has 0 aliphatic heterocycles. The van der Waals surface area contributed by atoms with Gasteiger partial charge in [-0.25, -0.2) is 0 Å². The summed E-state index contributed by atoms with van der Waals surface area (Å²) in [7, 11) is 0. The molecule has 0 aromatic heterocycles. The van der Waals surface area contributed by atoms with E-state index in [1.54, 1.807) is 13.0 Å². The van der Waals surface area contributed by atoms with Crippen molar-refractivity contribution in [3.05, 3.63) is 54.1 Å². The Labute approximate surface area is 79.0 Å². The smallest absolute Gasteiger partial charge is 0.0695 e. The molecule has 1 heteroatoms. The highest BCUT2D eigenvalue weighted by atomic mass is 16.3. The van der Waals surface area contributed by atoms with Gasteiger partial charge in [0, 0.05) is 0 Å². The lowest BCUT2D eigenvalue weighted by atomic mass is 10.2. The fourth-order valence-electron chi connectivity index (χ4n) is 0.956. The number of hydrogen-bond acceptors (Lipinski definition) is 1. The van der Waals surface area contributed by atoms with Gasteiger partial charge < -0.3 is 5.11 Å². The van der Waals surface area contributed by atoms with Gasteiger partial charge in [-0.05, 0) is 12.5 Å². The molecule has 68 valence electrons. The van der Waals surface area contributed by atoms with Crippen LogP contribution in [0.2, 0.25) is 0 Å². The zero-order valence-electron chi connectivity index (χ0n) is 7.72. The monoisotopic (exact) mass is 174 g/mol. The van der Waals surface area contributed by atoms with Crippen molar-refractivity contribution >= 4 is 6.08 Å². The molecular weight excluding hydrogens is 160 g/mol. The second kappa shape index (κ2) is 5.33. The predicted molar refractivity (Wildman–Crippen MR) is 56.3 cm³/mol. The molecule has 13 heavy (non-hydrogen) atoms.